The summed E-state index contributed by atoms with van der Waals surface area (Å²) in [6.45, 7) is 0. The highest BCUT2D eigenvalue weighted by atomic mass is 79.9. The summed E-state index contributed by atoms with van der Waals surface area (Å²) in [5.74, 6) is 0. The van der Waals surface area contributed by atoms with Crippen LogP contribution in [0.1, 0.15) is 5.56 Å². The van der Waals surface area contributed by atoms with Crippen molar-refractivity contribution in [3.63, 3.8) is 0 Å². The topological polar surface area (TPSA) is 17.1 Å². The highest BCUT2D eigenvalue weighted by Crippen LogP contribution is 2.44. The van der Waals surface area contributed by atoms with Crippen molar-refractivity contribution in [3.8, 4) is 0 Å². The van der Waals surface area contributed by atoms with Crippen molar-refractivity contribution in [2.75, 3.05) is 0 Å². The Morgan fingerprint density at radius 3 is 2.77 bits per heavy atom. The van der Waals surface area contributed by atoms with E-state index in [4.69, 9.17) is 0 Å². The van der Waals surface area contributed by atoms with Crippen LogP contribution in [0.3, 0.4) is 0 Å². The van der Waals surface area contributed by atoms with Crippen LogP contribution in [-0.2, 0) is 11.2 Å². The van der Waals surface area contributed by atoms with Crippen LogP contribution in [0.25, 0.3) is 0 Å². The van der Waals surface area contributed by atoms with Gasteiger partial charge in [-0.15, -0.1) is 0 Å². The molecule has 0 bridgehead atoms. The van der Waals surface area contributed by atoms with Crippen LogP contribution >= 0.6 is 43.6 Å². The predicted molar refractivity (Wildman–Crippen MR) is 61.6 cm³/mol. The lowest BCUT2D eigenvalue weighted by Crippen LogP contribution is -2.28. The number of hydrogen-bond acceptors (Lipinski definition) is 2. The number of benzene rings is 1. The van der Waals surface area contributed by atoms with Gasteiger partial charge >= 0.3 is 0 Å². The average molecular weight is 322 g/mol. The number of hydrogen-bond donors (Lipinski definition) is 0. The van der Waals surface area contributed by atoms with Gasteiger partial charge in [-0.25, -0.2) is 0 Å². The van der Waals surface area contributed by atoms with E-state index in [2.05, 4.69) is 31.9 Å². The Labute approximate surface area is 97.5 Å². The molecule has 1 aromatic carbocycles. The van der Waals surface area contributed by atoms with Crippen molar-refractivity contribution < 1.29 is 4.79 Å². The standard InChI is InChI=1S/C9H6Br2OS/c10-9(11)5-6-3-1-2-4-7(6)13-8(9)12/h1-4H,5H2. The van der Waals surface area contributed by atoms with E-state index in [9.17, 15) is 4.79 Å². The van der Waals surface area contributed by atoms with Crippen molar-refractivity contribution >= 4 is 48.7 Å². The SMILES string of the molecule is O=C1Sc2ccccc2CC1(Br)Br. The number of fused-ring (bicyclic) bond motifs is 1. The molecule has 0 spiro atoms. The Bertz CT molecular complexity index is 362. The first-order chi connectivity index (χ1) is 6.09. The lowest BCUT2D eigenvalue weighted by molar-refractivity contribution is -0.111. The first-order valence-electron chi connectivity index (χ1n) is 3.77. The summed E-state index contributed by atoms with van der Waals surface area (Å²) in [4.78, 5) is 12.6. The second kappa shape index (κ2) is 3.41. The quantitative estimate of drug-likeness (QED) is 0.682. The van der Waals surface area contributed by atoms with Crippen LogP contribution in [0.2, 0.25) is 0 Å². The van der Waals surface area contributed by atoms with Gasteiger partial charge in [0, 0.05) is 11.3 Å². The van der Waals surface area contributed by atoms with Gasteiger partial charge in [-0.3, -0.25) is 4.79 Å². The third kappa shape index (κ3) is 1.85. The van der Waals surface area contributed by atoms with Gasteiger partial charge in [-0.2, -0.15) is 0 Å². The molecule has 0 amide bonds. The van der Waals surface area contributed by atoms with Crippen molar-refractivity contribution in [2.24, 2.45) is 0 Å². The minimum Gasteiger partial charge on any atom is -0.284 e. The molecule has 2 rings (SSSR count). The Morgan fingerprint density at radius 2 is 2.00 bits per heavy atom. The second-order valence-corrected chi connectivity index (χ2v) is 7.66. The van der Waals surface area contributed by atoms with Crippen LogP contribution in [0, 0.1) is 0 Å². The van der Waals surface area contributed by atoms with Crippen molar-refractivity contribution in [3.05, 3.63) is 29.8 Å². The van der Waals surface area contributed by atoms with E-state index in [0.29, 0.717) is 6.42 Å². The molecule has 0 aliphatic carbocycles. The Balaban J connectivity index is 2.44. The molecule has 0 saturated carbocycles. The molecule has 68 valence electrons. The summed E-state index contributed by atoms with van der Waals surface area (Å²) >= 11 is 8.03. The van der Waals surface area contributed by atoms with Gasteiger partial charge in [0.15, 0.2) is 3.23 Å². The monoisotopic (exact) mass is 320 g/mol. The summed E-state index contributed by atoms with van der Waals surface area (Å²) in [6.07, 6.45) is 0.703. The fraction of sp³-hybridized carbons (Fsp3) is 0.222. The van der Waals surface area contributed by atoms with Gasteiger partial charge in [0.2, 0.25) is 5.12 Å². The Hall–Kier alpha value is 0.200. The van der Waals surface area contributed by atoms with Gasteiger partial charge in [0.05, 0.1) is 0 Å². The highest BCUT2D eigenvalue weighted by molar-refractivity contribution is 9.26. The number of halogens is 2. The maximum atomic E-state index is 11.5. The molecule has 13 heavy (non-hydrogen) atoms. The highest BCUT2D eigenvalue weighted by Gasteiger charge is 2.37. The molecule has 4 heteroatoms. The van der Waals surface area contributed by atoms with Crippen LogP contribution in [0.5, 0.6) is 0 Å². The van der Waals surface area contributed by atoms with Gasteiger partial charge in [0.25, 0.3) is 0 Å². The molecule has 0 radical (unpaired) electrons. The van der Waals surface area contributed by atoms with Gasteiger partial charge in [-0.1, -0.05) is 50.1 Å². The molecule has 0 unspecified atom stereocenters. The van der Waals surface area contributed by atoms with Crippen molar-refractivity contribution in [2.45, 2.75) is 14.5 Å². The van der Waals surface area contributed by atoms with Crippen LogP contribution < -0.4 is 0 Å². The van der Waals surface area contributed by atoms with E-state index in [1.165, 1.54) is 17.3 Å². The molecule has 0 N–H and O–H groups in total. The Kier molecular flexibility index (Phi) is 2.55. The van der Waals surface area contributed by atoms with E-state index in [1.807, 2.05) is 24.3 Å². The zero-order valence-electron chi connectivity index (χ0n) is 6.59. The zero-order chi connectivity index (χ0) is 9.47. The molecule has 1 aromatic rings. The van der Waals surface area contributed by atoms with Crippen molar-refractivity contribution in [1.29, 1.82) is 0 Å². The van der Waals surface area contributed by atoms with Crippen molar-refractivity contribution in [1.82, 2.24) is 0 Å². The Morgan fingerprint density at radius 1 is 1.31 bits per heavy atom. The second-order valence-electron chi connectivity index (χ2n) is 2.88. The minimum absolute atomic E-state index is 0.117. The number of thioether (sulfide) groups is 1. The number of carbonyl (C=O) groups excluding carboxylic acids is 1. The normalized spacial score (nSPS) is 19.7. The first-order valence-corrected chi connectivity index (χ1v) is 6.18. The fourth-order valence-corrected chi connectivity index (χ4v) is 3.16. The smallest absolute Gasteiger partial charge is 0.221 e. The van der Waals surface area contributed by atoms with E-state index in [0.717, 1.165) is 4.90 Å². The van der Waals surface area contributed by atoms with E-state index in [-0.39, 0.29) is 5.12 Å². The average Bonchev–Trinajstić information content (AvgIpc) is 2.06. The molecule has 0 atom stereocenters. The largest absolute Gasteiger partial charge is 0.284 e. The summed E-state index contributed by atoms with van der Waals surface area (Å²) in [7, 11) is 0. The van der Waals surface area contributed by atoms with E-state index >= 15 is 0 Å². The number of carbonyl (C=O) groups is 1. The lowest BCUT2D eigenvalue weighted by Gasteiger charge is -2.25. The summed E-state index contributed by atoms with van der Waals surface area (Å²) in [5, 5.41) is 0.117. The fourth-order valence-electron chi connectivity index (χ4n) is 1.24. The van der Waals surface area contributed by atoms with Crippen LogP contribution in [-0.4, -0.2) is 8.35 Å². The van der Waals surface area contributed by atoms with Gasteiger partial charge in [-0.05, 0) is 23.4 Å². The molecule has 0 aromatic heterocycles. The third-order valence-corrected chi connectivity index (χ3v) is 4.84. The molecule has 1 aliphatic heterocycles. The molecule has 0 fully saturated rings. The van der Waals surface area contributed by atoms with Gasteiger partial charge < -0.3 is 0 Å². The predicted octanol–water partition coefficient (Wildman–Crippen LogP) is 3.35. The van der Waals surface area contributed by atoms with E-state index in [1.54, 1.807) is 0 Å². The minimum atomic E-state index is -0.570. The van der Waals surface area contributed by atoms with E-state index < -0.39 is 3.23 Å². The molecular formula is C9H6Br2OS. The molecule has 1 nitrogen and oxygen atoms in total. The third-order valence-electron chi connectivity index (χ3n) is 1.89. The summed E-state index contributed by atoms with van der Waals surface area (Å²) in [6, 6.07) is 7.97. The number of alkyl halides is 2. The maximum Gasteiger partial charge on any atom is 0.221 e. The van der Waals surface area contributed by atoms with Crippen LogP contribution in [0.4, 0.5) is 0 Å². The summed E-state index contributed by atoms with van der Waals surface area (Å²) in [5.41, 5.74) is 1.21. The zero-order valence-corrected chi connectivity index (χ0v) is 10.6. The first kappa shape index (κ1) is 9.74. The van der Waals surface area contributed by atoms with Crippen LogP contribution in [0.15, 0.2) is 29.2 Å². The number of rotatable bonds is 0. The molecule has 0 saturated heterocycles. The lowest BCUT2D eigenvalue weighted by atomic mass is 10.1. The van der Waals surface area contributed by atoms with Gasteiger partial charge in [0.1, 0.15) is 0 Å². The molecule has 1 heterocycles. The maximum absolute atomic E-state index is 11.5. The summed E-state index contributed by atoms with van der Waals surface area (Å²) < 4.78 is -0.570. The molecule has 1 aliphatic rings. The molecular weight excluding hydrogens is 316 g/mol.